The third kappa shape index (κ3) is 5.37. The van der Waals surface area contributed by atoms with E-state index in [0.29, 0.717) is 65.2 Å². The Morgan fingerprint density at radius 3 is 1.25 bits per heavy atom. The van der Waals surface area contributed by atoms with Crippen molar-refractivity contribution < 1.29 is 0 Å². The molecule has 0 amide bonds. The number of nitrogens with one attached hydrogen (secondary N) is 2. The van der Waals surface area contributed by atoms with E-state index in [9.17, 15) is 10.5 Å². The number of halogens is 4. The van der Waals surface area contributed by atoms with Gasteiger partial charge in [0.1, 0.15) is 12.1 Å². The highest BCUT2D eigenvalue weighted by molar-refractivity contribution is 6.39. The van der Waals surface area contributed by atoms with Crippen LogP contribution < -0.4 is 0 Å². The quantitative estimate of drug-likeness (QED) is 0.203. The van der Waals surface area contributed by atoms with Gasteiger partial charge in [-0.2, -0.15) is 10.5 Å². The molecule has 2 N–H and O–H groups in total. The third-order valence-corrected chi connectivity index (χ3v) is 8.20. The summed E-state index contributed by atoms with van der Waals surface area (Å²) in [6, 6.07) is 22.3. The molecule has 0 saturated heterocycles. The maximum Gasteiger partial charge on any atom is 0.103 e. The number of H-pyrrole nitrogens is 2. The molecule has 6 rings (SSSR count). The lowest BCUT2D eigenvalue weighted by molar-refractivity contribution is 1.31. The Bertz CT molecular complexity index is 1920. The first-order valence-electron chi connectivity index (χ1n) is 13.1. The summed E-state index contributed by atoms with van der Waals surface area (Å²) in [5.41, 5.74) is 5.76. The van der Waals surface area contributed by atoms with Gasteiger partial charge in [-0.05, 0) is 72.8 Å². The molecule has 2 aromatic carbocycles. The van der Waals surface area contributed by atoms with E-state index >= 15 is 0 Å². The lowest BCUT2D eigenvalue weighted by Crippen LogP contribution is -2.06. The van der Waals surface area contributed by atoms with Crippen molar-refractivity contribution in [3.05, 3.63) is 163 Å². The van der Waals surface area contributed by atoms with E-state index in [1.165, 1.54) is 0 Å². The number of allylic oxidation sites excluding steroid dienone is 6. The van der Waals surface area contributed by atoms with Crippen LogP contribution in [-0.2, 0) is 0 Å². The summed E-state index contributed by atoms with van der Waals surface area (Å²) in [5, 5.41) is 22.3. The van der Waals surface area contributed by atoms with Crippen LogP contribution in [0.4, 0.5) is 0 Å². The molecule has 0 aliphatic carbocycles. The fourth-order valence-electron chi connectivity index (χ4n) is 5.01. The van der Waals surface area contributed by atoms with Crippen molar-refractivity contribution in [2.75, 3.05) is 0 Å². The topological polar surface area (TPSA) is 104 Å². The largest absolute Gasteiger partial charge is 0.361 e. The molecule has 0 saturated carbocycles. The first-order chi connectivity index (χ1) is 21.4. The van der Waals surface area contributed by atoms with E-state index < -0.39 is 0 Å². The van der Waals surface area contributed by atoms with Crippen LogP contribution in [0.3, 0.4) is 0 Å². The second kappa shape index (κ2) is 12.4. The first kappa shape index (κ1) is 29.3. The number of aliphatic imine (C=N–C) groups is 2. The van der Waals surface area contributed by atoms with Gasteiger partial charge in [-0.3, -0.25) is 0 Å². The van der Waals surface area contributed by atoms with E-state index in [-0.39, 0.29) is 11.1 Å². The molecule has 0 spiro atoms. The van der Waals surface area contributed by atoms with E-state index in [1.54, 1.807) is 73.1 Å². The Labute approximate surface area is 272 Å². The zero-order valence-corrected chi connectivity index (χ0v) is 25.6. The molecule has 4 heterocycles. The number of nitrogens with zero attached hydrogens (tertiary/aromatic N) is 4. The van der Waals surface area contributed by atoms with Crippen LogP contribution in [0.5, 0.6) is 0 Å². The standard InChI is InChI=1S/C34H18Cl4N6/c35-21-5-1-6-22(36)31(21)33(27-9-3-15-41-27)29-13-11-25(43-29)19(17-39)20(18-40)26-12-14-30(44-26)34(28-10-4-16-42-28)32-23(37)7-2-8-24(32)38/h1-16,41-42H/b20-19+,33-29-,34-30+. The average Bonchev–Trinajstić information content (AvgIpc) is 3.84. The van der Waals surface area contributed by atoms with Crippen molar-refractivity contribution in [2.24, 2.45) is 9.98 Å². The smallest absolute Gasteiger partial charge is 0.103 e. The summed E-state index contributed by atoms with van der Waals surface area (Å²) in [7, 11) is 0. The van der Waals surface area contributed by atoms with Crippen molar-refractivity contribution in [3.63, 3.8) is 0 Å². The van der Waals surface area contributed by atoms with Crippen molar-refractivity contribution in [2.45, 2.75) is 0 Å². The van der Waals surface area contributed by atoms with E-state index in [0.717, 1.165) is 11.4 Å². The second-order valence-electron chi connectivity index (χ2n) is 9.52. The molecule has 4 aromatic rings. The maximum atomic E-state index is 10.3. The highest BCUT2D eigenvalue weighted by Gasteiger charge is 2.25. The van der Waals surface area contributed by atoms with Crippen LogP contribution in [0.15, 0.2) is 130 Å². The molecule has 212 valence electrons. The zero-order valence-electron chi connectivity index (χ0n) is 22.5. The fraction of sp³-hybridized carbons (Fsp3) is 0. The van der Waals surface area contributed by atoms with Gasteiger partial charge >= 0.3 is 0 Å². The Morgan fingerprint density at radius 2 is 0.932 bits per heavy atom. The van der Waals surface area contributed by atoms with E-state index in [1.807, 2.05) is 24.3 Å². The van der Waals surface area contributed by atoms with Crippen LogP contribution in [0.25, 0.3) is 11.1 Å². The van der Waals surface area contributed by atoms with Crippen LogP contribution >= 0.6 is 46.4 Å². The molecule has 2 aromatic heterocycles. The monoisotopic (exact) mass is 650 g/mol. The van der Waals surface area contributed by atoms with Gasteiger partial charge in [0.2, 0.25) is 0 Å². The summed E-state index contributed by atoms with van der Waals surface area (Å²) in [6.45, 7) is 0. The highest BCUT2D eigenvalue weighted by Crippen LogP contribution is 2.40. The molecule has 0 fully saturated rings. The summed E-state index contributed by atoms with van der Waals surface area (Å²) in [4.78, 5) is 15.9. The van der Waals surface area contributed by atoms with Gasteiger partial charge < -0.3 is 9.97 Å². The van der Waals surface area contributed by atoms with Gasteiger partial charge in [0.15, 0.2) is 0 Å². The molecule has 10 heteroatoms. The Hall–Kier alpha value is -4.82. The molecule has 0 atom stereocenters. The van der Waals surface area contributed by atoms with Gasteiger partial charge in [0.05, 0.1) is 54.1 Å². The number of aromatic amines is 2. The molecule has 2 aliphatic heterocycles. The minimum absolute atomic E-state index is 0.0664. The predicted molar refractivity (Wildman–Crippen MR) is 178 cm³/mol. The SMILES string of the molecule is N#C/C(C1=N/C(=C(\c2ccc[nH]2)c2c(Cl)cccc2Cl)C=C1)=C(/C#N)C1=N/C(=C(/c2ccc[nH]2)c2c(Cl)cccc2Cl)C=C1. The van der Waals surface area contributed by atoms with Gasteiger partial charge in [-0.1, -0.05) is 58.5 Å². The summed E-state index contributed by atoms with van der Waals surface area (Å²) in [6.07, 6.45) is 10.5. The molecule has 0 radical (unpaired) electrons. The van der Waals surface area contributed by atoms with Crippen LogP contribution in [0.2, 0.25) is 20.1 Å². The molecule has 44 heavy (non-hydrogen) atoms. The number of nitriles is 2. The van der Waals surface area contributed by atoms with E-state index in [2.05, 4.69) is 22.1 Å². The molecule has 2 aliphatic rings. The normalized spacial score (nSPS) is 16.7. The Morgan fingerprint density at radius 1 is 0.545 bits per heavy atom. The fourth-order valence-corrected chi connectivity index (χ4v) is 6.18. The molecule has 6 nitrogen and oxygen atoms in total. The number of benzene rings is 2. The van der Waals surface area contributed by atoms with Crippen molar-refractivity contribution >= 4 is 69.0 Å². The molecular formula is C34H18Cl4N6. The van der Waals surface area contributed by atoms with Crippen LogP contribution in [0.1, 0.15) is 22.5 Å². The number of hydrogen-bond acceptors (Lipinski definition) is 4. The Kier molecular flexibility index (Phi) is 8.26. The Balaban J connectivity index is 1.50. The van der Waals surface area contributed by atoms with Crippen molar-refractivity contribution in [3.8, 4) is 12.1 Å². The first-order valence-corrected chi connectivity index (χ1v) is 14.7. The average molecular weight is 652 g/mol. The summed E-state index contributed by atoms with van der Waals surface area (Å²) >= 11 is 26.4. The predicted octanol–water partition coefficient (Wildman–Crippen LogP) is 9.54. The summed E-state index contributed by atoms with van der Waals surface area (Å²) < 4.78 is 0. The van der Waals surface area contributed by atoms with Crippen LogP contribution in [0, 0.1) is 22.7 Å². The third-order valence-electron chi connectivity index (χ3n) is 6.94. The number of hydrogen-bond donors (Lipinski definition) is 2. The van der Waals surface area contributed by atoms with Crippen molar-refractivity contribution in [1.29, 1.82) is 10.5 Å². The number of rotatable bonds is 6. The zero-order chi connectivity index (χ0) is 30.8. The minimum Gasteiger partial charge on any atom is -0.361 e. The van der Waals surface area contributed by atoms with Crippen LogP contribution in [-0.4, -0.2) is 21.4 Å². The van der Waals surface area contributed by atoms with Gasteiger partial charge in [0, 0.05) is 46.1 Å². The molecular weight excluding hydrogens is 634 g/mol. The second-order valence-corrected chi connectivity index (χ2v) is 11.1. The van der Waals surface area contributed by atoms with E-state index in [4.69, 9.17) is 56.4 Å². The summed E-state index contributed by atoms with van der Waals surface area (Å²) in [5.74, 6) is 0. The maximum absolute atomic E-state index is 10.3. The van der Waals surface area contributed by atoms with Crippen molar-refractivity contribution in [1.82, 2.24) is 9.97 Å². The molecule has 0 unspecified atom stereocenters. The lowest BCUT2D eigenvalue weighted by Gasteiger charge is -2.12. The van der Waals surface area contributed by atoms with Gasteiger partial charge in [0.25, 0.3) is 0 Å². The van der Waals surface area contributed by atoms with Gasteiger partial charge in [-0.15, -0.1) is 0 Å². The highest BCUT2D eigenvalue weighted by atomic mass is 35.5. The molecule has 0 bridgehead atoms. The lowest BCUT2D eigenvalue weighted by atomic mass is 10.0. The van der Waals surface area contributed by atoms with Gasteiger partial charge in [-0.25, -0.2) is 9.98 Å². The number of aromatic nitrogens is 2. The minimum atomic E-state index is 0.0664.